The molecule has 0 atom stereocenters. The van der Waals surface area contributed by atoms with Crippen molar-refractivity contribution in [3.8, 4) is 0 Å². The number of hydrogen-bond donors (Lipinski definition) is 2. The average molecular weight is 371 g/mol. The molecule has 1 saturated carbocycles. The fourth-order valence-corrected chi connectivity index (χ4v) is 2.97. The molecule has 2 aromatic rings. The van der Waals surface area contributed by atoms with E-state index in [4.69, 9.17) is 0 Å². The van der Waals surface area contributed by atoms with Gasteiger partial charge in [-0.15, -0.1) is 11.3 Å². The molecule has 3 amide bonds. The number of para-hydroxylation sites is 1. The van der Waals surface area contributed by atoms with Crippen LogP contribution in [0.5, 0.6) is 0 Å². The van der Waals surface area contributed by atoms with Crippen molar-refractivity contribution in [2.75, 3.05) is 4.90 Å². The Morgan fingerprint density at radius 1 is 1.23 bits per heavy atom. The number of amides is 3. The maximum absolute atomic E-state index is 12.0. The van der Waals surface area contributed by atoms with E-state index in [0.29, 0.717) is 16.5 Å². The van der Waals surface area contributed by atoms with E-state index in [1.807, 2.05) is 30.3 Å². The summed E-state index contributed by atoms with van der Waals surface area (Å²) >= 11 is 1.27. The van der Waals surface area contributed by atoms with Crippen molar-refractivity contribution in [2.24, 2.45) is 5.10 Å². The van der Waals surface area contributed by atoms with E-state index in [1.165, 1.54) is 29.4 Å². The second-order valence-corrected chi connectivity index (χ2v) is 6.53. The first-order chi connectivity index (χ1) is 12.5. The van der Waals surface area contributed by atoms with Crippen LogP contribution < -0.4 is 15.6 Å². The smallest absolute Gasteiger partial charge is 0.329 e. The zero-order valence-corrected chi connectivity index (χ0v) is 14.8. The second kappa shape index (κ2) is 7.87. The van der Waals surface area contributed by atoms with Crippen molar-refractivity contribution >= 4 is 46.1 Å². The van der Waals surface area contributed by atoms with Gasteiger partial charge < -0.3 is 5.32 Å². The number of aromatic nitrogens is 1. The van der Waals surface area contributed by atoms with E-state index in [0.717, 1.165) is 12.8 Å². The molecule has 1 heterocycles. The predicted octanol–water partition coefficient (Wildman–Crippen LogP) is 1.56. The van der Waals surface area contributed by atoms with Crippen molar-refractivity contribution in [3.05, 3.63) is 41.4 Å². The number of benzene rings is 1. The standard InChI is InChI=1S/C17H17N5O3S/c1-11(23)22(14-5-3-2-4-6-14)17-20-13(10-26-17)9-18-21-16(25)15(24)19-12-7-8-12/h2-6,9-10,12H,7-8H2,1H3,(H,19,24)(H,21,25)/b18-9-. The highest BCUT2D eigenvalue weighted by atomic mass is 32.1. The lowest BCUT2D eigenvalue weighted by Gasteiger charge is -2.17. The van der Waals surface area contributed by atoms with Gasteiger partial charge in [0.25, 0.3) is 0 Å². The Morgan fingerprint density at radius 2 is 1.96 bits per heavy atom. The van der Waals surface area contributed by atoms with Crippen LogP contribution in [0, 0.1) is 0 Å². The van der Waals surface area contributed by atoms with Crippen molar-refractivity contribution in [1.82, 2.24) is 15.7 Å². The van der Waals surface area contributed by atoms with Gasteiger partial charge in [0.05, 0.1) is 17.6 Å². The largest absolute Gasteiger partial charge is 0.345 e. The van der Waals surface area contributed by atoms with E-state index >= 15 is 0 Å². The van der Waals surface area contributed by atoms with E-state index < -0.39 is 11.8 Å². The minimum Gasteiger partial charge on any atom is -0.345 e. The van der Waals surface area contributed by atoms with E-state index in [1.54, 1.807) is 5.38 Å². The summed E-state index contributed by atoms with van der Waals surface area (Å²) in [6.45, 7) is 1.46. The molecule has 1 fully saturated rings. The number of nitrogens with one attached hydrogen (secondary N) is 2. The number of carbonyl (C=O) groups excluding carboxylic acids is 3. The van der Waals surface area contributed by atoms with Gasteiger partial charge in [-0.25, -0.2) is 10.4 Å². The molecule has 1 aromatic heterocycles. The third-order valence-corrected chi connectivity index (χ3v) is 4.36. The van der Waals surface area contributed by atoms with Gasteiger partial charge in [-0.2, -0.15) is 5.10 Å². The fourth-order valence-electron chi connectivity index (χ4n) is 2.13. The van der Waals surface area contributed by atoms with Crippen LogP contribution in [0.4, 0.5) is 10.8 Å². The molecular formula is C17H17N5O3S. The second-order valence-electron chi connectivity index (χ2n) is 5.69. The molecule has 9 heteroatoms. The predicted molar refractivity (Wildman–Crippen MR) is 98.3 cm³/mol. The monoisotopic (exact) mass is 371 g/mol. The molecular weight excluding hydrogens is 354 g/mol. The Hall–Kier alpha value is -3.07. The average Bonchev–Trinajstić information content (AvgIpc) is 3.32. The van der Waals surface area contributed by atoms with Gasteiger partial charge in [0.1, 0.15) is 0 Å². The summed E-state index contributed by atoms with van der Waals surface area (Å²) < 4.78 is 0. The molecule has 2 N–H and O–H groups in total. The number of nitrogens with zero attached hydrogens (tertiary/aromatic N) is 3. The molecule has 0 aliphatic heterocycles. The van der Waals surface area contributed by atoms with Crippen LogP contribution in [-0.2, 0) is 14.4 Å². The molecule has 134 valence electrons. The first-order valence-electron chi connectivity index (χ1n) is 8.00. The molecule has 26 heavy (non-hydrogen) atoms. The maximum Gasteiger partial charge on any atom is 0.329 e. The Kier molecular flexibility index (Phi) is 5.37. The lowest BCUT2D eigenvalue weighted by Crippen LogP contribution is -2.38. The summed E-state index contributed by atoms with van der Waals surface area (Å²) in [5.74, 6) is -1.69. The van der Waals surface area contributed by atoms with Crippen LogP contribution in [0.1, 0.15) is 25.5 Å². The highest BCUT2D eigenvalue weighted by Gasteiger charge is 2.26. The fraction of sp³-hybridized carbons (Fsp3) is 0.235. The van der Waals surface area contributed by atoms with Gasteiger partial charge in [-0.3, -0.25) is 19.3 Å². The molecule has 0 radical (unpaired) electrons. The zero-order chi connectivity index (χ0) is 18.5. The van der Waals surface area contributed by atoms with E-state index in [-0.39, 0.29) is 11.9 Å². The molecule has 1 aromatic carbocycles. The molecule has 8 nitrogen and oxygen atoms in total. The molecule has 0 saturated heterocycles. The quantitative estimate of drug-likeness (QED) is 0.473. The number of rotatable bonds is 5. The SMILES string of the molecule is CC(=O)N(c1ccccc1)c1nc(/C=N\NC(=O)C(=O)NC2CC2)cs1. The van der Waals surface area contributed by atoms with Crippen LogP contribution in [0.2, 0.25) is 0 Å². The Labute approximate surface area is 153 Å². The summed E-state index contributed by atoms with van der Waals surface area (Å²) in [5.41, 5.74) is 3.34. The number of thiazole rings is 1. The van der Waals surface area contributed by atoms with Gasteiger partial charge in [-0.1, -0.05) is 18.2 Å². The van der Waals surface area contributed by atoms with Crippen molar-refractivity contribution in [2.45, 2.75) is 25.8 Å². The number of hydrogen-bond acceptors (Lipinski definition) is 6. The van der Waals surface area contributed by atoms with Crippen LogP contribution in [0.15, 0.2) is 40.8 Å². The molecule has 1 aliphatic carbocycles. The topological polar surface area (TPSA) is 104 Å². The number of carbonyl (C=O) groups is 3. The minimum absolute atomic E-state index is 0.105. The number of anilines is 2. The molecule has 0 bridgehead atoms. The van der Waals surface area contributed by atoms with Gasteiger partial charge in [-0.05, 0) is 25.0 Å². The Bertz CT molecular complexity index is 845. The van der Waals surface area contributed by atoms with Gasteiger partial charge >= 0.3 is 11.8 Å². The summed E-state index contributed by atoms with van der Waals surface area (Å²) in [7, 11) is 0. The van der Waals surface area contributed by atoms with Crippen LogP contribution in [-0.4, -0.2) is 35.0 Å². The van der Waals surface area contributed by atoms with E-state index in [2.05, 4.69) is 20.8 Å². The lowest BCUT2D eigenvalue weighted by molar-refractivity contribution is -0.139. The number of hydrazone groups is 1. The van der Waals surface area contributed by atoms with Crippen LogP contribution in [0.25, 0.3) is 0 Å². The Balaban J connectivity index is 1.63. The van der Waals surface area contributed by atoms with Crippen molar-refractivity contribution in [3.63, 3.8) is 0 Å². The molecule has 1 aliphatic rings. The van der Waals surface area contributed by atoms with Crippen molar-refractivity contribution in [1.29, 1.82) is 0 Å². The lowest BCUT2D eigenvalue weighted by atomic mass is 10.3. The van der Waals surface area contributed by atoms with Crippen LogP contribution in [0.3, 0.4) is 0 Å². The summed E-state index contributed by atoms with van der Waals surface area (Å²) in [4.78, 5) is 40.9. The first kappa shape index (κ1) is 17.7. The molecule has 0 spiro atoms. The normalized spacial score (nSPS) is 13.4. The third kappa shape index (κ3) is 4.51. The van der Waals surface area contributed by atoms with Crippen molar-refractivity contribution < 1.29 is 14.4 Å². The Morgan fingerprint density at radius 3 is 2.62 bits per heavy atom. The van der Waals surface area contributed by atoms with Gasteiger partial charge in [0.15, 0.2) is 5.13 Å². The highest BCUT2D eigenvalue weighted by Crippen LogP contribution is 2.28. The zero-order valence-electron chi connectivity index (χ0n) is 14.0. The molecule has 3 rings (SSSR count). The van der Waals surface area contributed by atoms with Gasteiger partial charge in [0.2, 0.25) is 5.91 Å². The summed E-state index contributed by atoms with van der Waals surface area (Å²) in [6.07, 6.45) is 3.13. The van der Waals surface area contributed by atoms with E-state index in [9.17, 15) is 14.4 Å². The summed E-state index contributed by atoms with van der Waals surface area (Å²) in [5, 5.41) is 8.50. The van der Waals surface area contributed by atoms with Crippen LogP contribution >= 0.6 is 11.3 Å². The molecule has 0 unspecified atom stereocenters. The highest BCUT2D eigenvalue weighted by molar-refractivity contribution is 7.14. The minimum atomic E-state index is -0.821. The van der Waals surface area contributed by atoms with Gasteiger partial charge in [0, 0.05) is 18.3 Å². The summed E-state index contributed by atoms with van der Waals surface area (Å²) in [6, 6.07) is 9.27. The maximum atomic E-state index is 12.0. The third-order valence-electron chi connectivity index (χ3n) is 3.51. The first-order valence-corrected chi connectivity index (χ1v) is 8.87.